The van der Waals surface area contributed by atoms with Gasteiger partial charge in [-0.1, -0.05) is 26.0 Å². The maximum Gasteiger partial charge on any atom is 0.176 e. The Morgan fingerprint density at radius 3 is 2.33 bits per heavy atom. The molecule has 0 N–H and O–H groups in total. The zero-order valence-corrected chi connectivity index (χ0v) is 13.2. The molecule has 18 heavy (non-hydrogen) atoms. The van der Waals surface area contributed by atoms with Crippen LogP contribution in [0.5, 0.6) is 0 Å². The van der Waals surface area contributed by atoms with E-state index in [1.807, 2.05) is 24.3 Å². The van der Waals surface area contributed by atoms with Gasteiger partial charge >= 0.3 is 0 Å². The van der Waals surface area contributed by atoms with Gasteiger partial charge in [-0.2, -0.15) is 0 Å². The molecule has 0 unspecified atom stereocenters. The van der Waals surface area contributed by atoms with E-state index in [1.54, 1.807) is 0 Å². The van der Waals surface area contributed by atoms with Gasteiger partial charge in [0, 0.05) is 9.13 Å². The second kappa shape index (κ2) is 5.70. The lowest BCUT2D eigenvalue weighted by Crippen LogP contribution is -2.40. The third-order valence-corrected chi connectivity index (χ3v) is 4.46. The SMILES string of the molecule is CC1(C)CCN(CC(=O)c2ccc(I)cc2)CC1. The standard InChI is InChI=1S/C15H20INO/c1-15(2)7-9-17(10-8-15)11-14(18)12-3-5-13(16)6-4-12/h3-6H,7-11H2,1-2H3. The molecule has 1 aromatic carbocycles. The lowest BCUT2D eigenvalue weighted by atomic mass is 9.82. The molecule has 1 fully saturated rings. The zero-order valence-electron chi connectivity index (χ0n) is 11.1. The Morgan fingerprint density at radius 2 is 1.78 bits per heavy atom. The first-order valence-electron chi connectivity index (χ1n) is 6.47. The predicted molar refractivity (Wildman–Crippen MR) is 82.9 cm³/mol. The average molecular weight is 357 g/mol. The van der Waals surface area contributed by atoms with Crippen LogP contribution in [0.3, 0.4) is 0 Å². The predicted octanol–water partition coefficient (Wildman–Crippen LogP) is 3.60. The first kappa shape index (κ1) is 14.0. The first-order chi connectivity index (χ1) is 8.46. The van der Waals surface area contributed by atoms with Crippen molar-refractivity contribution in [3.05, 3.63) is 33.4 Å². The molecular weight excluding hydrogens is 337 g/mol. The van der Waals surface area contributed by atoms with Gasteiger partial charge in [-0.15, -0.1) is 0 Å². The smallest absolute Gasteiger partial charge is 0.176 e. The van der Waals surface area contributed by atoms with Crippen LogP contribution < -0.4 is 0 Å². The number of carbonyl (C=O) groups excluding carboxylic acids is 1. The van der Waals surface area contributed by atoms with Gasteiger partial charge in [-0.05, 0) is 66.1 Å². The van der Waals surface area contributed by atoms with Gasteiger partial charge in [0.25, 0.3) is 0 Å². The summed E-state index contributed by atoms with van der Waals surface area (Å²) in [5.41, 5.74) is 1.28. The molecule has 0 spiro atoms. The summed E-state index contributed by atoms with van der Waals surface area (Å²) in [4.78, 5) is 14.4. The van der Waals surface area contributed by atoms with Gasteiger partial charge in [0.15, 0.2) is 5.78 Å². The molecular formula is C15H20INO. The van der Waals surface area contributed by atoms with Gasteiger partial charge in [0.05, 0.1) is 6.54 Å². The zero-order chi connectivity index (χ0) is 13.2. The molecule has 98 valence electrons. The van der Waals surface area contributed by atoms with Crippen LogP contribution in [0.25, 0.3) is 0 Å². The molecule has 0 bridgehead atoms. The monoisotopic (exact) mass is 357 g/mol. The quantitative estimate of drug-likeness (QED) is 0.609. The van der Waals surface area contributed by atoms with Crippen molar-refractivity contribution in [2.45, 2.75) is 26.7 Å². The van der Waals surface area contributed by atoms with E-state index in [9.17, 15) is 4.79 Å². The van der Waals surface area contributed by atoms with E-state index in [2.05, 4.69) is 41.3 Å². The van der Waals surface area contributed by atoms with Gasteiger partial charge in [-0.3, -0.25) is 9.69 Å². The van der Waals surface area contributed by atoms with Crippen molar-refractivity contribution in [2.75, 3.05) is 19.6 Å². The van der Waals surface area contributed by atoms with Crippen LogP contribution in [0.1, 0.15) is 37.0 Å². The fourth-order valence-electron chi connectivity index (χ4n) is 2.25. The third-order valence-electron chi connectivity index (χ3n) is 3.74. The third kappa shape index (κ3) is 3.79. The first-order valence-corrected chi connectivity index (χ1v) is 7.55. The Bertz CT molecular complexity index is 415. The number of likely N-dealkylation sites (tertiary alicyclic amines) is 1. The lowest BCUT2D eigenvalue weighted by molar-refractivity contribution is 0.0845. The Labute approximate surface area is 123 Å². The van der Waals surface area contributed by atoms with Crippen molar-refractivity contribution in [1.82, 2.24) is 4.90 Å². The van der Waals surface area contributed by atoms with Crippen molar-refractivity contribution < 1.29 is 4.79 Å². The molecule has 1 saturated heterocycles. The Hall–Kier alpha value is -0.420. The topological polar surface area (TPSA) is 20.3 Å². The summed E-state index contributed by atoms with van der Waals surface area (Å²) in [6.07, 6.45) is 2.37. The van der Waals surface area contributed by atoms with Crippen LogP contribution in [0.2, 0.25) is 0 Å². The maximum absolute atomic E-state index is 12.1. The summed E-state index contributed by atoms with van der Waals surface area (Å²) in [6, 6.07) is 7.84. The fourth-order valence-corrected chi connectivity index (χ4v) is 2.61. The summed E-state index contributed by atoms with van der Waals surface area (Å²) < 4.78 is 1.17. The van der Waals surface area contributed by atoms with Crippen LogP contribution in [0, 0.1) is 8.99 Å². The van der Waals surface area contributed by atoms with Crippen molar-refractivity contribution in [3.63, 3.8) is 0 Å². The summed E-state index contributed by atoms with van der Waals surface area (Å²) in [6.45, 7) is 7.28. The molecule has 0 aliphatic carbocycles. The van der Waals surface area contributed by atoms with E-state index >= 15 is 0 Å². The number of carbonyl (C=O) groups is 1. The number of halogens is 1. The number of nitrogens with zero attached hydrogens (tertiary/aromatic N) is 1. The molecule has 0 atom stereocenters. The van der Waals surface area contributed by atoms with Crippen molar-refractivity contribution in [1.29, 1.82) is 0 Å². The fraction of sp³-hybridized carbons (Fsp3) is 0.533. The number of Topliss-reactive ketones (excluding diaryl/α,β-unsaturated/α-hetero) is 1. The molecule has 0 radical (unpaired) electrons. The summed E-state index contributed by atoms with van der Waals surface area (Å²) in [5, 5.41) is 0. The molecule has 1 aromatic rings. The molecule has 1 aliphatic rings. The Balaban J connectivity index is 1.90. The largest absolute Gasteiger partial charge is 0.296 e. The van der Waals surface area contributed by atoms with Crippen LogP contribution in [0.4, 0.5) is 0 Å². The minimum atomic E-state index is 0.242. The van der Waals surface area contributed by atoms with Crippen LogP contribution in [0.15, 0.2) is 24.3 Å². The highest BCUT2D eigenvalue weighted by molar-refractivity contribution is 14.1. The normalized spacial score (nSPS) is 19.7. The Morgan fingerprint density at radius 1 is 1.22 bits per heavy atom. The Kier molecular flexibility index (Phi) is 4.43. The van der Waals surface area contributed by atoms with Crippen molar-refractivity contribution in [2.24, 2.45) is 5.41 Å². The average Bonchev–Trinajstić information content (AvgIpc) is 2.33. The number of hydrogen-bond donors (Lipinski definition) is 0. The molecule has 0 saturated carbocycles. The molecule has 3 heteroatoms. The van der Waals surface area contributed by atoms with Crippen LogP contribution in [-0.2, 0) is 0 Å². The van der Waals surface area contributed by atoms with Gasteiger partial charge in [-0.25, -0.2) is 0 Å². The molecule has 0 aromatic heterocycles. The number of piperidine rings is 1. The van der Waals surface area contributed by atoms with E-state index in [0.717, 1.165) is 18.7 Å². The highest BCUT2D eigenvalue weighted by atomic mass is 127. The van der Waals surface area contributed by atoms with E-state index in [-0.39, 0.29) is 5.78 Å². The van der Waals surface area contributed by atoms with Crippen LogP contribution >= 0.6 is 22.6 Å². The second-order valence-corrected chi connectivity index (χ2v) is 7.12. The molecule has 1 aliphatic heterocycles. The number of ketones is 1. The molecule has 0 amide bonds. The number of rotatable bonds is 3. The number of hydrogen-bond acceptors (Lipinski definition) is 2. The van der Waals surface area contributed by atoms with Gasteiger partial charge in [0.1, 0.15) is 0 Å². The highest BCUT2D eigenvalue weighted by Crippen LogP contribution is 2.29. The van der Waals surface area contributed by atoms with E-state index < -0.39 is 0 Å². The van der Waals surface area contributed by atoms with E-state index in [4.69, 9.17) is 0 Å². The summed E-state index contributed by atoms with van der Waals surface area (Å²) in [7, 11) is 0. The highest BCUT2D eigenvalue weighted by Gasteiger charge is 2.26. The minimum absolute atomic E-state index is 0.242. The molecule has 2 nitrogen and oxygen atoms in total. The van der Waals surface area contributed by atoms with Crippen molar-refractivity contribution >= 4 is 28.4 Å². The van der Waals surface area contributed by atoms with Gasteiger partial charge in [0.2, 0.25) is 0 Å². The summed E-state index contributed by atoms with van der Waals surface area (Å²) in [5.74, 6) is 0.242. The van der Waals surface area contributed by atoms with E-state index in [1.165, 1.54) is 16.4 Å². The van der Waals surface area contributed by atoms with Gasteiger partial charge < -0.3 is 0 Å². The second-order valence-electron chi connectivity index (χ2n) is 5.87. The summed E-state index contributed by atoms with van der Waals surface area (Å²) >= 11 is 2.26. The number of benzene rings is 1. The van der Waals surface area contributed by atoms with E-state index in [0.29, 0.717) is 12.0 Å². The molecule has 1 heterocycles. The lowest BCUT2D eigenvalue weighted by Gasteiger charge is -2.36. The maximum atomic E-state index is 12.1. The van der Waals surface area contributed by atoms with Crippen LogP contribution in [-0.4, -0.2) is 30.3 Å². The van der Waals surface area contributed by atoms with Crippen molar-refractivity contribution in [3.8, 4) is 0 Å². The molecule has 2 rings (SSSR count). The minimum Gasteiger partial charge on any atom is -0.296 e.